The summed E-state index contributed by atoms with van der Waals surface area (Å²) in [5.74, 6) is 0. The molecule has 0 rings (SSSR count). The lowest BCUT2D eigenvalue weighted by Gasteiger charge is -2.12. The lowest BCUT2D eigenvalue weighted by Crippen LogP contribution is -2.14. The highest BCUT2D eigenvalue weighted by Crippen LogP contribution is 2.10. The summed E-state index contributed by atoms with van der Waals surface area (Å²) in [6.45, 7) is 4.11. The monoisotopic (exact) mass is 315 g/mol. The van der Waals surface area contributed by atoms with Gasteiger partial charge < -0.3 is 14.7 Å². The van der Waals surface area contributed by atoms with Crippen molar-refractivity contribution in [3.8, 4) is 0 Å². The molecule has 3 heteroatoms. The van der Waals surface area contributed by atoms with E-state index >= 15 is 0 Å². The molecule has 134 valence electrons. The third kappa shape index (κ3) is 17.9. The maximum atomic E-state index is 9.75. The molecule has 0 saturated heterocycles. The zero-order chi connectivity index (χ0) is 16.5. The van der Waals surface area contributed by atoms with E-state index < -0.39 is 6.29 Å². The largest absolute Gasteiger partial charge is 0.368 e. The predicted molar refractivity (Wildman–Crippen MR) is 96.2 cm³/mol. The first-order valence-electron chi connectivity index (χ1n) is 9.61. The molecule has 1 unspecified atom stereocenters. The summed E-state index contributed by atoms with van der Waals surface area (Å²) in [7, 11) is 4.20. The summed E-state index contributed by atoms with van der Waals surface area (Å²) in [5, 5.41) is 9.75. The second kappa shape index (κ2) is 17.2. The van der Waals surface area contributed by atoms with Gasteiger partial charge in [-0.3, -0.25) is 0 Å². The van der Waals surface area contributed by atoms with E-state index in [1.165, 1.54) is 64.2 Å². The number of aliphatic hydroxyl groups excluding tert-OH is 1. The Balaban J connectivity index is 3.13. The van der Waals surface area contributed by atoms with E-state index in [0.29, 0.717) is 6.61 Å². The molecular weight excluding hydrogens is 274 g/mol. The normalized spacial score (nSPS) is 13.0. The Kier molecular flexibility index (Phi) is 17.1. The second-order valence-corrected chi connectivity index (χ2v) is 6.81. The fourth-order valence-electron chi connectivity index (χ4n) is 2.64. The predicted octanol–water partition coefficient (Wildman–Crippen LogP) is 4.97. The van der Waals surface area contributed by atoms with Crippen LogP contribution in [0.4, 0.5) is 0 Å². The van der Waals surface area contributed by atoms with E-state index in [2.05, 4.69) is 25.9 Å². The van der Waals surface area contributed by atoms with E-state index in [1.807, 2.05) is 0 Å². The van der Waals surface area contributed by atoms with Crippen LogP contribution in [-0.2, 0) is 4.74 Å². The third-order valence-electron chi connectivity index (χ3n) is 4.11. The quantitative estimate of drug-likeness (QED) is 0.304. The van der Waals surface area contributed by atoms with Gasteiger partial charge in [-0.1, -0.05) is 64.7 Å². The Hall–Kier alpha value is -0.120. The van der Waals surface area contributed by atoms with Crippen LogP contribution < -0.4 is 0 Å². The van der Waals surface area contributed by atoms with E-state index in [9.17, 15) is 5.11 Å². The molecular formula is C19H41NO2. The molecule has 0 aromatic carbocycles. The van der Waals surface area contributed by atoms with Crippen molar-refractivity contribution in [2.75, 3.05) is 27.2 Å². The number of aliphatic hydroxyl groups is 1. The molecule has 0 saturated carbocycles. The fraction of sp³-hybridized carbons (Fsp3) is 1.00. The van der Waals surface area contributed by atoms with Crippen LogP contribution in [0.1, 0.15) is 90.4 Å². The summed E-state index contributed by atoms with van der Waals surface area (Å²) >= 11 is 0. The van der Waals surface area contributed by atoms with Crippen LogP contribution in [0.3, 0.4) is 0 Å². The van der Waals surface area contributed by atoms with Crippen molar-refractivity contribution in [2.45, 2.75) is 96.7 Å². The highest BCUT2D eigenvalue weighted by atomic mass is 16.6. The van der Waals surface area contributed by atoms with Crippen LogP contribution >= 0.6 is 0 Å². The summed E-state index contributed by atoms with van der Waals surface area (Å²) in [4.78, 5) is 2.21. The number of nitrogens with zero attached hydrogens (tertiary/aromatic N) is 1. The van der Waals surface area contributed by atoms with Crippen molar-refractivity contribution in [1.29, 1.82) is 0 Å². The Bertz CT molecular complexity index is 210. The van der Waals surface area contributed by atoms with Crippen molar-refractivity contribution in [3.63, 3.8) is 0 Å². The molecule has 0 spiro atoms. The van der Waals surface area contributed by atoms with Crippen molar-refractivity contribution in [1.82, 2.24) is 4.90 Å². The first kappa shape index (κ1) is 21.9. The summed E-state index contributed by atoms with van der Waals surface area (Å²) < 4.78 is 5.47. The standard InChI is InChI=1S/C19H41NO2/c1-4-5-6-7-8-9-10-11-15-18-22-19(21)16-13-12-14-17-20(2)3/h19,21H,4-18H2,1-3H3. The minimum atomic E-state index is -0.548. The summed E-state index contributed by atoms with van der Waals surface area (Å²) in [6.07, 6.45) is 15.6. The van der Waals surface area contributed by atoms with Gasteiger partial charge >= 0.3 is 0 Å². The van der Waals surface area contributed by atoms with Crippen LogP contribution in [0.15, 0.2) is 0 Å². The van der Waals surface area contributed by atoms with Crippen molar-refractivity contribution in [3.05, 3.63) is 0 Å². The van der Waals surface area contributed by atoms with Gasteiger partial charge in [0.05, 0.1) is 0 Å². The molecule has 1 atom stereocenters. The molecule has 0 aliphatic rings. The van der Waals surface area contributed by atoms with Gasteiger partial charge in [0.1, 0.15) is 0 Å². The molecule has 0 fully saturated rings. The first-order chi connectivity index (χ1) is 10.7. The Labute approximate surface area is 139 Å². The number of hydrogen-bond donors (Lipinski definition) is 1. The van der Waals surface area contributed by atoms with Gasteiger partial charge in [-0.05, 0) is 46.3 Å². The number of rotatable bonds is 17. The lowest BCUT2D eigenvalue weighted by atomic mass is 10.1. The molecule has 0 heterocycles. The van der Waals surface area contributed by atoms with E-state index in [1.54, 1.807) is 0 Å². The van der Waals surface area contributed by atoms with Gasteiger partial charge in [-0.2, -0.15) is 0 Å². The molecule has 0 aromatic rings. The van der Waals surface area contributed by atoms with Crippen molar-refractivity contribution < 1.29 is 9.84 Å². The topological polar surface area (TPSA) is 32.7 Å². The fourth-order valence-corrected chi connectivity index (χ4v) is 2.64. The molecule has 22 heavy (non-hydrogen) atoms. The molecule has 0 bridgehead atoms. The van der Waals surface area contributed by atoms with Gasteiger partial charge in [-0.15, -0.1) is 0 Å². The van der Waals surface area contributed by atoms with E-state index in [4.69, 9.17) is 4.74 Å². The smallest absolute Gasteiger partial charge is 0.154 e. The number of hydrogen-bond acceptors (Lipinski definition) is 3. The number of ether oxygens (including phenoxy) is 1. The van der Waals surface area contributed by atoms with Gasteiger partial charge in [-0.25, -0.2) is 0 Å². The first-order valence-corrected chi connectivity index (χ1v) is 9.61. The molecule has 1 N–H and O–H groups in total. The number of unbranched alkanes of at least 4 members (excludes halogenated alkanes) is 10. The summed E-state index contributed by atoms with van der Waals surface area (Å²) in [6, 6.07) is 0. The van der Waals surface area contributed by atoms with Gasteiger partial charge in [0.25, 0.3) is 0 Å². The Morgan fingerprint density at radius 1 is 0.773 bits per heavy atom. The van der Waals surface area contributed by atoms with Gasteiger partial charge in [0.2, 0.25) is 0 Å². The second-order valence-electron chi connectivity index (χ2n) is 6.81. The van der Waals surface area contributed by atoms with Gasteiger partial charge in [0.15, 0.2) is 6.29 Å². The average molecular weight is 316 g/mol. The SMILES string of the molecule is CCCCCCCCCCCOC(O)CCCCCN(C)C. The highest BCUT2D eigenvalue weighted by Gasteiger charge is 2.03. The third-order valence-corrected chi connectivity index (χ3v) is 4.11. The molecule has 0 radical (unpaired) electrons. The lowest BCUT2D eigenvalue weighted by molar-refractivity contribution is -0.105. The Morgan fingerprint density at radius 2 is 1.32 bits per heavy atom. The zero-order valence-corrected chi connectivity index (χ0v) is 15.5. The zero-order valence-electron chi connectivity index (χ0n) is 15.5. The highest BCUT2D eigenvalue weighted by molar-refractivity contribution is 4.50. The van der Waals surface area contributed by atoms with Crippen LogP contribution in [0, 0.1) is 0 Å². The minimum Gasteiger partial charge on any atom is -0.368 e. The van der Waals surface area contributed by atoms with Crippen LogP contribution in [0.2, 0.25) is 0 Å². The Morgan fingerprint density at radius 3 is 1.91 bits per heavy atom. The van der Waals surface area contributed by atoms with Gasteiger partial charge in [0, 0.05) is 6.61 Å². The van der Waals surface area contributed by atoms with Crippen LogP contribution in [-0.4, -0.2) is 43.5 Å². The molecule has 0 amide bonds. The molecule has 0 aliphatic carbocycles. The van der Waals surface area contributed by atoms with Crippen LogP contribution in [0.25, 0.3) is 0 Å². The van der Waals surface area contributed by atoms with E-state index in [0.717, 1.165) is 25.8 Å². The molecule has 3 nitrogen and oxygen atoms in total. The van der Waals surface area contributed by atoms with E-state index in [-0.39, 0.29) is 0 Å². The molecule has 0 aliphatic heterocycles. The maximum Gasteiger partial charge on any atom is 0.154 e. The van der Waals surface area contributed by atoms with Crippen molar-refractivity contribution >= 4 is 0 Å². The maximum absolute atomic E-state index is 9.75. The van der Waals surface area contributed by atoms with Crippen molar-refractivity contribution in [2.24, 2.45) is 0 Å². The molecule has 0 aromatic heterocycles. The average Bonchev–Trinajstić information content (AvgIpc) is 2.48. The minimum absolute atomic E-state index is 0.548. The summed E-state index contributed by atoms with van der Waals surface area (Å²) in [5.41, 5.74) is 0. The van der Waals surface area contributed by atoms with Crippen LogP contribution in [0.5, 0.6) is 0 Å².